The zero-order chi connectivity index (χ0) is 20.0. The molecule has 2 aromatic heterocycles. The second-order valence-corrected chi connectivity index (χ2v) is 8.88. The minimum absolute atomic E-state index is 0. The van der Waals surface area contributed by atoms with Gasteiger partial charge in [0, 0.05) is 15.8 Å². The Morgan fingerprint density at radius 1 is 1.07 bits per heavy atom. The predicted octanol–water partition coefficient (Wildman–Crippen LogP) is 3.91. The van der Waals surface area contributed by atoms with Crippen molar-refractivity contribution >= 4 is 21.6 Å². The third kappa shape index (κ3) is 3.59. The maximum Gasteiger partial charge on any atom is 0.132 e. The van der Waals surface area contributed by atoms with Gasteiger partial charge in [-0.3, -0.25) is 0 Å². The third-order valence-electron chi connectivity index (χ3n) is 5.82. The minimum atomic E-state index is -0.241. The van der Waals surface area contributed by atoms with E-state index in [1.54, 1.807) is 30.6 Å². The quantitative estimate of drug-likeness (QED) is 0.484. The highest BCUT2D eigenvalue weighted by Crippen LogP contribution is 2.43. The smallest absolute Gasteiger partial charge is 0.132 e. The average Bonchev–Trinajstić information content (AvgIpc) is 3.10. The molecule has 5 heteroatoms. The van der Waals surface area contributed by atoms with Crippen molar-refractivity contribution in [1.82, 2.24) is 4.98 Å². The lowest BCUT2D eigenvalue weighted by molar-refractivity contribution is -0.00000665. The van der Waals surface area contributed by atoms with Crippen molar-refractivity contribution < 1.29 is 21.5 Å². The number of rotatable bonds is 3. The van der Waals surface area contributed by atoms with Gasteiger partial charge in [0.15, 0.2) is 0 Å². The van der Waals surface area contributed by atoms with Crippen molar-refractivity contribution in [1.29, 1.82) is 0 Å². The zero-order valence-corrected chi connectivity index (χ0v) is 18.5. The molecule has 1 unspecified atom stereocenters. The molecule has 0 amide bonds. The van der Waals surface area contributed by atoms with Crippen molar-refractivity contribution in [2.24, 2.45) is 5.92 Å². The fourth-order valence-electron chi connectivity index (χ4n) is 4.25. The normalized spacial score (nSPS) is 15.5. The number of aryl methyl sites for hydroxylation is 1. The van der Waals surface area contributed by atoms with E-state index >= 15 is 0 Å². The van der Waals surface area contributed by atoms with E-state index in [2.05, 4.69) is 19.1 Å². The second kappa shape index (κ2) is 8.37. The summed E-state index contributed by atoms with van der Waals surface area (Å²) in [6.07, 6.45) is 3.39. The highest BCUT2D eigenvalue weighted by molar-refractivity contribution is 7.19. The topological polar surface area (TPSA) is 22.1 Å². The molecule has 154 valence electrons. The molecule has 4 aromatic rings. The summed E-state index contributed by atoms with van der Waals surface area (Å²) >= 11 is 1.78. The molecule has 2 aromatic carbocycles. The molecule has 0 bridgehead atoms. The van der Waals surface area contributed by atoms with Crippen molar-refractivity contribution in [3.63, 3.8) is 0 Å². The van der Waals surface area contributed by atoms with Crippen LogP contribution in [0.3, 0.4) is 0 Å². The van der Waals surface area contributed by atoms with Gasteiger partial charge >= 0.3 is 0 Å². The highest BCUT2D eigenvalue weighted by Gasteiger charge is 2.24. The van der Waals surface area contributed by atoms with E-state index in [0.717, 1.165) is 34.5 Å². The maximum atomic E-state index is 14.5. The number of benzene rings is 2. The Morgan fingerprint density at radius 3 is 2.57 bits per heavy atom. The van der Waals surface area contributed by atoms with Crippen LogP contribution in [0.25, 0.3) is 32.6 Å². The van der Waals surface area contributed by atoms with E-state index in [9.17, 15) is 4.39 Å². The van der Waals surface area contributed by atoms with E-state index < -0.39 is 0 Å². The standard InChI is InChI=1S/C25H22FNOS.ClH/c1-15-7-12-19-23(13-15)29-25-24(19)20(16-8-10-17(28-2)11-9-16)14-22(27-25)18-5-3-4-6-21(18)26;/h3-6,8-11,14-15H,7,12-13H2,1-2H3;1H/p-1. The molecule has 0 saturated heterocycles. The number of pyridine rings is 1. The first-order chi connectivity index (χ1) is 14.1. The number of methoxy groups -OCH3 is 1. The van der Waals surface area contributed by atoms with E-state index in [4.69, 9.17) is 9.72 Å². The van der Waals surface area contributed by atoms with Gasteiger partial charge in [-0.2, -0.15) is 0 Å². The fourth-order valence-corrected chi connectivity index (χ4v) is 5.66. The largest absolute Gasteiger partial charge is 1.00 e. The van der Waals surface area contributed by atoms with Crippen molar-refractivity contribution in [2.45, 2.75) is 26.2 Å². The van der Waals surface area contributed by atoms with Gasteiger partial charge < -0.3 is 17.1 Å². The third-order valence-corrected chi connectivity index (χ3v) is 6.96. The molecule has 2 nitrogen and oxygen atoms in total. The SMILES string of the molecule is COc1ccc(-c2cc(-c3ccccc3F)nc3sc4c(c23)CCC(C)C4)cc1.[Cl-]. The molecule has 0 fully saturated rings. The minimum Gasteiger partial charge on any atom is -1.00 e. The predicted molar refractivity (Wildman–Crippen MR) is 118 cm³/mol. The van der Waals surface area contributed by atoms with Crippen molar-refractivity contribution in [3.05, 3.63) is 70.9 Å². The molecule has 1 atom stereocenters. The average molecular weight is 439 g/mol. The van der Waals surface area contributed by atoms with E-state index in [1.165, 1.54) is 28.3 Å². The molecule has 0 N–H and O–H groups in total. The summed E-state index contributed by atoms with van der Waals surface area (Å²) in [5, 5.41) is 1.24. The van der Waals surface area contributed by atoms with Gasteiger partial charge in [-0.1, -0.05) is 31.2 Å². The first-order valence-corrected chi connectivity index (χ1v) is 10.8. The Labute approximate surface area is 186 Å². The Morgan fingerprint density at radius 2 is 1.83 bits per heavy atom. The summed E-state index contributed by atoms with van der Waals surface area (Å²) in [5.41, 5.74) is 4.90. The molecule has 5 rings (SSSR count). The first-order valence-electron chi connectivity index (χ1n) is 9.98. The molecule has 1 aliphatic carbocycles. The van der Waals surface area contributed by atoms with Gasteiger partial charge in [0.2, 0.25) is 0 Å². The van der Waals surface area contributed by atoms with Crippen LogP contribution in [-0.4, -0.2) is 12.1 Å². The van der Waals surface area contributed by atoms with E-state index in [0.29, 0.717) is 17.2 Å². The van der Waals surface area contributed by atoms with Crippen LogP contribution in [0.1, 0.15) is 23.8 Å². The van der Waals surface area contributed by atoms with Gasteiger partial charge in [-0.25, -0.2) is 9.37 Å². The number of ether oxygens (including phenoxy) is 1. The highest BCUT2D eigenvalue weighted by atomic mass is 35.5. The molecule has 0 saturated carbocycles. The van der Waals surface area contributed by atoms with Gasteiger partial charge in [0.25, 0.3) is 0 Å². The molecule has 0 spiro atoms. The van der Waals surface area contributed by atoms with Crippen LogP contribution in [0.4, 0.5) is 4.39 Å². The summed E-state index contributed by atoms with van der Waals surface area (Å²) in [4.78, 5) is 7.36. The molecule has 30 heavy (non-hydrogen) atoms. The Bertz CT molecular complexity index is 1200. The summed E-state index contributed by atoms with van der Waals surface area (Å²) in [6, 6.07) is 17.0. The molecule has 1 aliphatic rings. The zero-order valence-electron chi connectivity index (χ0n) is 16.9. The summed E-state index contributed by atoms with van der Waals surface area (Å²) in [5.74, 6) is 1.29. The number of hydrogen-bond acceptors (Lipinski definition) is 3. The molecule has 0 radical (unpaired) electrons. The van der Waals surface area contributed by atoms with Crippen molar-refractivity contribution in [3.8, 4) is 28.1 Å². The van der Waals surface area contributed by atoms with E-state index in [-0.39, 0.29) is 18.2 Å². The van der Waals surface area contributed by atoms with Crippen LogP contribution in [0, 0.1) is 11.7 Å². The summed E-state index contributed by atoms with van der Waals surface area (Å²) < 4.78 is 19.9. The lowest BCUT2D eigenvalue weighted by Gasteiger charge is -2.18. The van der Waals surface area contributed by atoms with Crippen molar-refractivity contribution in [2.75, 3.05) is 7.11 Å². The van der Waals surface area contributed by atoms with Gasteiger partial charge in [0.05, 0.1) is 12.8 Å². The lowest BCUT2D eigenvalue weighted by Crippen LogP contribution is -3.00. The van der Waals surface area contributed by atoms with Crippen LogP contribution in [-0.2, 0) is 12.8 Å². The molecular formula is C25H22ClFNOS-. The monoisotopic (exact) mass is 438 g/mol. The van der Waals surface area contributed by atoms with Crippen LogP contribution in [0.15, 0.2) is 54.6 Å². The van der Waals surface area contributed by atoms with Crippen LogP contribution >= 0.6 is 11.3 Å². The number of nitrogens with zero attached hydrogens (tertiary/aromatic N) is 1. The van der Waals surface area contributed by atoms with Crippen LogP contribution < -0.4 is 17.1 Å². The number of hydrogen-bond donors (Lipinski definition) is 0. The first kappa shape index (κ1) is 20.8. The van der Waals surface area contributed by atoms with Crippen LogP contribution in [0.2, 0.25) is 0 Å². The van der Waals surface area contributed by atoms with Gasteiger partial charge in [-0.05, 0) is 72.2 Å². The van der Waals surface area contributed by atoms with E-state index in [1.807, 2.05) is 24.3 Å². The number of aromatic nitrogens is 1. The van der Waals surface area contributed by atoms with Crippen LogP contribution in [0.5, 0.6) is 5.75 Å². The maximum absolute atomic E-state index is 14.5. The number of thiophene rings is 1. The fraction of sp³-hybridized carbons (Fsp3) is 0.240. The lowest BCUT2D eigenvalue weighted by atomic mass is 9.87. The molecule has 2 heterocycles. The Balaban J connectivity index is 0.00000218. The molecule has 0 aliphatic heterocycles. The Hall–Kier alpha value is -2.43. The molecular weight excluding hydrogens is 417 g/mol. The Kier molecular flexibility index (Phi) is 5.81. The second-order valence-electron chi connectivity index (χ2n) is 7.80. The summed E-state index contributed by atoms with van der Waals surface area (Å²) in [6.45, 7) is 2.32. The van der Waals surface area contributed by atoms with Gasteiger partial charge in [0.1, 0.15) is 16.4 Å². The number of fused-ring (bicyclic) bond motifs is 3. The summed E-state index contributed by atoms with van der Waals surface area (Å²) in [7, 11) is 1.67. The van der Waals surface area contributed by atoms with Gasteiger partial charge in [-0.15, -0.1) is 11.3 Å². The number of halogens is 2.